The zero-order valence-electron chi connectivity index (χ0n) is 14.9. The second-order valence-corrected chi connectivity index (χ2v) is 6.58. The molecule has 0 spiro atoms. The van der Waals surface area contributed by atoms with E-state index in [2.05, 4.69) is 36.1 Å². The molecular weight excluding hydrogens is 310 g/mol. The Morgan fingerprint density at radius 3 is 2.52 bits per heavy atom. The van der Waals surface area contributed by atoms with Gasteiger partial charge in [0.15, 0.2) is 0 Å². The van der Waals surface area contributed by atoms with Gasteiger partial charge in [0.05, 0.1) is 0 Å². The minimum atomic E-state index is 0.102. The second-order valence-electron chi connectivity index (χ2n) is 6.58. The van der Waals surface area contributed by atoms with Crippen molar-refractivity contribution in [2.24, 2.45) is 5.73 Å². The molecule has 2 aromatic rings. The molecule has 132 valence electrons. The first-order valence-electron chi connectivity index (χ1n) is 9.13. The molecule has 1 saturated heterocycles. The van der Waals surface area contributed by atoms with E-state index in [0.29, 0.717) is 6.54 Å². The normalized spacial score (nSPS) is 16.9. The van der Waals surface area contributed by atoms with Crippen LogP contribution in [-0.2, 0) is 6.54 Å². The Labute approximate surface area is 150 Å². The molecule has 0 saturated carbocycles. The third-order valence-electron chi connectivity index (χ3n) is 4.99. The molecule has 2 N–H and O–H groups in total. The van der Waals surface area contributed by atoms with Crippen molar-refractivity contribution in [3.63, 3.8) is 0 Å². The Balaban J connectivity index is 1.71. The number of nitrogens with two attached hydrogens (primary N) is 1. The van der Waals surface area contributed by atoms with E-state index >= 15 is 0 Å². The third kappa shape index (κ3) is 4.02. The third-order valence-corrected chi connectivity index (χ3v) is 4.99. The summed E-state index contributed by atoms with van der Waals surface area (Å²) in [4.78, 5) is 16.9. The number of amides is 1. The molecule has 1 aliphatic rings. The van der Waals surface area contributed by atoms with Crippen LogP contribution < -0.4 is 10.6 Å². The number of anilines is 1. The van der Waals surface area contributed by atoms with Crippen LogP contribution in [0.4, 0.5) is 5.69 Å². The van der Waals surface area contributed by atoms with Crippen molar-refractivity contribution in [2.45, 2.75) is 32.4 Å². The van der Waals surface area contributed by atoms with E-state index in [9.17, 15) is 4.79 Å². The van der Waals surface area contributed by atoms with E-state index in [-0.39, 0.29) is 11.9 Å². The molecule has 0 radical (unpaired) electrons. The largest absolute Gasteiger partial charge is 0.367 e. The van der Waals surface area contributed by atoms with Crippen LogP contribution in [0.1, 0.15) is 35.7 Å². The summed E-state index contributed by atoms with van der Waals surface area (Å²) in [6.45, 7) is 5.30. The molecule has 4 nitrogen and oxygen atoms in total. The predicted octanol–water partition coefficient (Wildman–Crippen LogP) is 3.28. The zero-order chi connectivity index (χ0) is 17.6. The Bertz CT molecular complexity index is 684. The highest BCUT2D eigenvalue weighted by Gasteiger charge is 2.28. The number of hydrogen-bond donors (Lipinski definition) is 1. The van der Waals surface area contributed by atoms with E-state index in [4.69, 9.17) is 5.73 Å². The average Bonchev–Trinajstić information content (AvgIpc) is 3.15. The van der Waals surface area contributed by atoms with Gasteiger partial charge in [0.25, 0.3) is 5.91 Å². The average molecular weight is 337 g/mol. The van der Waals surface area contributed by atoms with E-state index in [1.54, 1.807) is 0 Å². The molecule has 3 rings (SSSR count). The summed E-state index contributed by atoms with van der Waals surface area (Å²) in [5.74, 6) is 0.102. The first-order chi connectivity index (χ1) is 12.2. The van der Waals surface area contributed by atoms with Gasteiger partial charge in [-0.15, -0.1) is 0 Å². The van der Waals surface area contributed by atoms with E-state index in [1.165, 1.54) is 5.56 Å². The molecule has 0 aromatic heterocycles. The molecule has 0 aliphatic carbocycles. The van der Waals surface area contributed by atoms with Gasteiger partial charge >= 0.3 is 0 Å². The number of carbonyl (C=O) groups excluding carboxylic acids is 1. The van der Waals surface area contributed by atoms with Crippen molar-refractivity contribution in [1.82, 2.24) is 4.90 Å². The standard InChI is InChI=1S/C21H27N3O/c1-2-23(16-17-7-4-3-5-8-17)19-12-10-18(11-13-19)21(25)24-14-6-9-20(24)15-22/h3-5,7-8,10-13,20H,2,6,9,14-16,22H2,1H3. The van der Waals surface area contributed by atoms with Gasteiger partial charge in [-0.05, 0) is 49.6 Å². The molecule has 25 heavy (non-hydrogen) atoms. The molecule has 1 amide bonds. The molecule has 1 fully saturated rings. The maximum absolute atomic E-state index is 12.7. The van der Waals surface area contributed by atoms with Crippen LogP contribution in [0.15, 0.2) is 54.6 Å². The summed E-state index contributed by atoms with van der Waals surface area (Å²) in [5, 5.41) is 0. The van der Waals surface area contributed by atoms with Gasteiger partial charge in [0.2, 0.25) is 0 Å². The minimum absolute atomic E-state index is 0.102. The van der Waals surface area contributed by atoms with Crippen LogP contribution in [0.25, 0.3) is 0 Å². The van der Waals surface area contributed by atoms with E-state index in [1.807, 2.05) is 35.2 Å². The van der Waals surface area contributed by atoms with Gasteiger partial charge in [0.1, 0.15) is 0 Å². The van der Waals surface area contributed by atoms with Crippen molar-refractivity contribution in [1.29, 1.82) is 0 Å². The smallest absolute Gasteiger partial charge is 0.254 e. The molecule has 1 unspecified atom stereocenters. The van der Waals surface area contributed by atoms with Crippen LogP contribution in [0, 0.1) is 0 Å². The minimum Gasteiger partial charge on any atom is -0.367 e. The van der Waals surface area contributed by atoms with Crippen LogP contribution >= 0.6 is 0 Å². The SMILES string of the molecule is CCN(Cc1ccccc1)c1ccc(C(=O)N2CCCC2CN)cc1. The van der Waals surface area contributed by atoms with Crippen molar-refractivity contribution in [3.8, 4) is 0 Å². The number of rotatable bonds is 6. The van der Waals surface area contributed by atoms with Gasteiger partial charge in [-0.25, -0.2) is 0 Å². The lowest BCUT2D eigenvalue weighted by Gasteiger charge is -2.25. The number of hydrogen-bond acceptors (Lipinski definition) is 3. The number of nitrogens with zero attached hydrogens (tertiary/aromatic N) is 2. The monoisotopic (exact) mass is 337 g/mol. The van der Waals surface area contributed by atoms with Gasteiger partial charge < -0.3 is 15.5 Å². The maximum atomic E-state index is 12.7. The van der Waals surface area contributed by atoms with Crippen LogP contribution in [0.2, 0.25) is 0 Å². The maximum Gasteiger partial charge on any atom is 0.254 e. The predicted molar refractivity (Wildman–Crippen MR) is 103 cm³/mol. The van der Waals surface area contributed by atoms with Crippen molar-refractivity contribution in [3.05, 3.63) is 65.7 Å². The summed E-state index contributed by atoms with van der Waals surface area (Å²) < 4.78 is 0. The molecule has 1 aliphatic heterocycles. The summed E-state index contributed by atoms with van der Waals surface area (Å²) >= 11 is 0. The molecule has 1 heterocycles. The van der Waals surface area contributed by atoms with Gasteiger partial charge in [-0.3, -0.25) is 4.79 Å². The fourth-order valence-electron chi connectivity index (χ4n) is 3.52. The van der Waals surface area contributed by atoms with Crippen LogP contribution in [-0.4, -0.2) is 36.5 Å². The van der Waals surface area contributed by atoms with Gasteiger partial charge in [0, 0.05) is 43.5 Å². The molecular formula is C21H27N3O. The first kappa shape index (κ1) is 17.5. The Kier molecular flexibility index (Phi) is 5.71. The fraction of sp³-hybridized carbons (Fsp3) is 0.381. The number of carbonyl (C=O) groups is 1. The van der Waals surface area contributed by atoms with E-state index in [0.717, 1.165) is 43.7 Å². The highest BCUT2D eigenvalue weighted by Crippen LogP contribution is 2.22. The first-order valence-corrected chi connectivity index (χ1v) is 9.13. The summed E-state index contributed by atoms with van der Waals surface area (Å²) in [7, 11) is 0. The van der Waals surface area contributed by atoms with Crippen molar-refractivity contribution >= 4 is 11.6 Å². The van der Waals surface area contributed by atoms with Crippen molar-refractivity contribution < 1.29 is 4.79 Å². The lowest BCUT2D eigenvalue weighted by molar-refractivity contribution is 0.0741. The van der Waals surface area contributed by atoms with Crippen LogP contribution in [0.3, 0.4) is 0 Å². The van der Waals surface area contributed by atoms with Gasteiger partial charge in [-0.2, -0.15) is 0 Å². The molecule has 2 aromatic carbocycles. The van der Waals surface area contributed by atoms with Gasteiger partial charge in [-0.1, -0.05) is 30.3 Å². The summed E-state index contributed by atoms with van der Waals surface area (Å²) in [6, 6.07) is 18.6. The molecule has 4 heteroatoms. The van der Waals surface area contributed by atoms with E-state index < -0.39 is 0 Å². The fourth-order valence-corrected chi connectivity index (χ4v) is 3.52. The Morgan fingerprint density at radius 1 is 1.16 bits per heavy atom. The second kappa shape index (κ2) is 8.17. The highest BCUT2D eigenvalue weighted by molar-refractivity contribution is 5.95. The van der Waals surface area contributed by atoms with Crippen molar-refractivity contribution in [2.75, 3.05) is 24.5 Å². The number of benzene rings is 2. The molecule has 1 atom stereocenters. The topological polar surface area (TPSA) is 49.6 Å². The summed E-state index contributed by atoms with van der Waals surface area (Å²) in [6.07, 6.45) is 2.06. The Morgan fingerprint density at radius 2 is 1.88 bits per heavy atom. The molecule has 0 bridgehead atoms. The quantitative estimate of drug-likeness (QED) is 0.880. The Hall–Kier alpha value is -2.33. The lowest BCUT2D eigenvalue weighted by Crippen LogP contribution is -2.39. The number of likely N-dealkylation sites (tertiary alicyclic amines) is 1. The zero-order valence-corrected chi connectivity index (χ0v) is 14.9. The highest BCUT2D eigenvalue weighted by atomic mass is 16.2. The summed E-state index contributed by atoms with van der Waals surface area (Å²) in [5.41, 5.74) is 8.97. The lowest BCUT2D eigenvalue weighted by atomic mass is 10.1. The van der Waals surface area contributed by atoms with Crippen LogP contribution in [0.5, 0.6) is 0 Å².